The summed E-state index contributed by atoms with van der Waals surface area (Å²) in [5.41, 5.74) is 5.11. The summed E-state index contributed by atoms with van der Waals surface area (Å²) in [6.45, 7) is 0.924. The Balaban J connectivity index is 1.77. The van der Waals surface area contributed by atoms with E-state index in [2.05, 4.69) is 5.32 Å². The van der Waals surface area contributed by atoms with Crippen LogP contribution in [0.3, 0.4) is 0 Å². The van der Waals surface area contributed by atoms with Gasteiger partial charge in [-0.15, -0.1) is 0 Å². The van der Waals surface area contributed by atoms with Gasteiger partial charge in [0.25, 0.3) is 11.8 Å². The van der Waals surface area contributed by atoms with Crippen LogP contribution in [0.25, 0.3) is 0 Å². The minimum absolute atomic E-state index is 0.0681. The highest BCUT2D eigenvalue weighted by molar-refractivity contribution is 5.97. The van der Waals surface area contributed by atoms with Gasteiger partial charge in [0.1, 0.15) is 5.75 Å². The summed E-state index contributed by atoms with van der Waals surface area (Å²) < 4.78 is 44.7. The Hall–Kier alpha value is -3.23. The fourth-order valence-corrected chi connectivity index (χ4v) is 3.17. The van der Waals surface area contributed by atoms with E-state index in [-0.39, 0.29) is 17.0 Å². The summed E-state index contributed by atoms with van der Waals surface area (Å²) in [5.74, 6) is -1.24. The highest BCUT2D eigenvalue weighted by Crippen LogP contribution is 2.36. The topological polar surface area (TPSA) is 84.7 Å². The standard InChI is InChI=1S/C20H20F3N3O3/c21-20(22,23)13-7-8-16(26-9-3-4-10-26)15(11-13)25-18(27)12-29-17-6-2-1-5-14(17)19(24)28/h1-2,5-8,11H,3-4,9-10,12H2,(H2,24,28)(H,25,27). The van der Waals surface area contributed by atoms with Gasteiger partial charge in [-0.2, -0.15) is 13.2 Å². The number of nitrogens with one attached hydrogen (secondary N) is 1. The number of benzene rings is 2. The average Bonchev–Trinajstić information content (AvgIpc) is 3.20. The van der Waals surface area contributed by atoms with Crippen molar-refractivity contribution in [2.75, 3.05) is 29.9 Å². The number of anilines is 2. The zero-order chi connectivity index (χ0) is 21.0. The number of ether oxygens (including phenoxy) is 1. The fourth-order valence-electron chi connectivity index (χ4n) is 3.17. The van der Waals surface area contributed by atoms with Gasteiger partial charge >= 0.3 is 6.18 Å². The Morgan fingerprint density at radius 1 is 1.10 bits per heavy atom. The van der Waals surface area contributed by atoms with Crippen molar-refractivity contribution < 1.29 is 27.5 Å². The number of amides is 2. The average molecular weight is 407 g/mol. The fraction of sp³-hybridized carbons (Fsp3) is 0.300. The number of carbonyl (C=O) groups is 2. The third-order valence-corrected chi connectivity index (χ3v) is 4.56. The summed E-state index contributed by atoms with van der Waals surface area (Å²) in [7, 11) is 0. The molecule has 1 fully saturated rings. The zero-order valence-corrected chi connectivity index (χ0v) is 15.5. The van der Waals surface area contributed by atoms with E-state index in [9.17, 15) is 22.8 Å². The maximum Gasteiger partial charge on any atom is 0.416 e. The van der Waals surface area contributed by atoms with Crippen LogP contribution in [0.1, 0.15) is 28.8 Å². The molecular weight excluding hydrogens is 387 g/mol. The number of halogens is 3. The van der Waals surface area contributed by atoms with Crippen LogP contribution in [0.2, 0.25) is 0 Å². The van der Waals surface area contributed by atoms with E-state index in [1.54, 1.807) is 12.1 Å². The van der Waals surface area contributed by atoms with Gasteiger partial charge in [0.15, 0.2) is 6.61 Å². The molecule has 0 radical (unpaired) electrons. The minimum Gasteiger partial charge on any atom is -0.483 e. The van der Waals surface area contributed by atoms with Gasteiger partial charge in [0, 0.05) is 13.1 Å². The smallest absolute Gasteiger partial charge is 0.416 e. The summed E-state index contributed by atoms with van der Waals surface area (Å²) in [4.78, 5) is 25.7. The normalized spacial score (nSPS) is 14.0. The van der Waals surface area contributed by atoms with Gasteiger partial charge in [-0.25, -0.2) is 0 Å². The van der Waals surface area contributed by atoms with E-state index < -0.39 is 30.2 Å². The van der Waals surface area contributed by atoms with Crippen LogP contribution >= 0.6 is 0 Å². The van der Waals surface area contributed by atoms with E-state index >= 15 is 0 Å². The van der Waals surface area contributed by atoms with Crippen molar-refractivity contribution in [3.05, 3.63) is 53.6 Å². The number of hydrogen-bond donors (Lipinski definition) is 2. The van der Waals surface area contributed by atoms with E-state index in [1.807, 2.05) is 4.90 Å². The number of para-hydroxylation sites is 1. The molecule has 0 bridgehead atoms. The van der Waals surface area contributed by atoms with Crippen LogP contribution in [0, 0.1) is 0 Å². The molecule has 3 rings (SSSR count). The number of nitrogens with two attached hydrogens (primary N) is 1. The molecule has 1 saturated heterocycles. The summed E-state index contributed by atoms with van der Waals surface area (Å²) >= 11 is 0. The van der Waals surface area contributed by atoms with Crippen LogP contribution in [-0.2, 0) is 11.0 Å². The Kier molecular flexibility index (Phi) is 5.95. The maximum absolute atomic E-state index is 13.1. The molecule has 1 aliphatic rings. The van der Waals surface area contributed by atoms with Gasteiger partial charge in [0.05, 0.1) is 22.5 Å². The van der Waals surface area contributed by atoms with Crippen molar-refractivity contribution in [2.24, 2.45) is 5.73 Å². The van der Waals surface area contributed by atoms with Crippen molar-refractivity contribution in [1.29, 1.82) is 0 Å². The lowest BCUT2D eigenvalue weighted by molar-refractivity contribution is -0.137. The third-order valence-electron chi connectivity index (χ3n) is 4.56. The molecule has 2 aromatic rings. The number of nitrogens with zero attached hydrogens (tertiary/aromatic N) is 1. The van der Waals surface area contributed by atoms with Crippen LogP contribution < -0.4 is 20.7 Å². The first-order valence-corrected chi connectivity index (χ1v) is 9.03. The van der Waals surface area contributed by atoms with Crippen molar-refractivity contribution in [1.82, 2.24) is 0 Å². The molecule has 0 atom stereocenters. The van der Waals surface area contributed by atoms with Crippen LogP contribution in [0.4, 0.5) is 24.5 Å². The molecular formula is C20H20F3N3O3. The first-order chi connectivity index (χ1) is 13.8. The monoisotopic (exact) mass is 407 g/mol. The Labute approximate surface area is 165 Å². The molecule has 0 unspecified atom stereocenters. The maximum atomic E-state index is 13.1. The van der Waals surface area contributed by atoms with E-state index in [1.165, 1.54) is 18.2 Å². The lowest BCUT2D eigenvalue weighted by Gasteiger charge is -2.23. The Morgan fingerprint density at radius 2 is 1.79 bits per heavy atom. The quantitative estimate of drug-likeness (QED) is 0.769. The number of hydrogen-bond acceptors (Lipinski definition) is 4. The van der Waals surface area contributed by atoms with Gasteiger partial charge < -0.3 is 20.7 Å². The lowest BCUT2D eigenvalue weighted by Crippen LogP contribution is -2.25. The highest BCUT2D eigenvalue weighted by atomic mass is 19.4. The largest absolute Gasteiger partial charge is 0.483 e. The second-order valence-electron chi connectivity index (χ2n) is 6.62. The number of rotatable bonds is 6. The zero-order valence-electron chi connectivity index (χ0n) is 15.5. The molecule has 9 heteroatoms. The van der Waals surface area contributed by atoms with Crippen molar-refractivity contribution >= 4 is 23.2 Å². The molecule has 0 aliphatic carbocycles. The van der Waals surface area contributed by atoms with E-state index in [0.29, 0.717) is 18.8 Å². The predicted molar refractivity (Wildman–Crippen MR) is 102 cm³/mol. The first-order valence-electron chi connectivity index (χ1n) is 9.03. The molecule has 2 aromatic carbocycles. The molecule has 0 spiro atoms. The van der Waals surface area contributed by atoms with Gasteiger partial charge in [-0.3, -0.25) is 9.59 Å². The molecule has 1 aliphatic heterocycles. The Bertz CT molecular complexity index is 909. The van der Waals surface area contributed by atoms with Crippen molar-refractivity contribution in [3.63, 3.8) is 0 Å². The number of carbonyl (C=O) groups excluding carboxylic acids is 2. The molecule has 2 amide bonds. The molecule has 3 N–H and O–H groups in total. The van der Waals surface area contributed by atoms with Crippen LogP contribution in [-0.4, -0.2) is 31.5 Å². The van der Waals surface area contributed by atoms with E-state index in [0.717, 1.165) is 25.0 Å². The molecule has 154 valence electrons. The van der Waals surface area contributed by atoms with Crippen LogP contribution in [0.15, 0.2) is 42.5 Å². The van der Waals surface area contributed by atoms with Crippen molar-refractivity contribution in [2.45, 2.75) is 19.0 Å². The second-order valence-corrected chi connectivity index (χ2v) is 6.62. The number of primary amides is 1. The summed E-state index contributed by atoms with van der Waals surface area (Å²) in [6.07, 6.45) is -2.66. The van der Waals surface area contributed by atoms with Crippen molar-refractivity contribution in [3.8, 4) is 5.75 Å². The summed E-state index contributed by atoms with van der Waals surface area (Å²) in [5, 5.41) is 2.50. The van der Waals surface area contributed by atoms with Crippen LogP contribution in [0.5, 0.6) is 5.75 Å². The minimum atomic E-state index is -4.53. The number of alkyl halides is 3. The lowest BCUT2D eigenvalue weighted by atomic mass is 10.1. The molecule has 6 nitrogen and oxygen atoms in total. The third kappa shape index (κ3) is 4.98. The molecule has 0 saturated carbocycles. The molecule has 1 heterocycles. The Morgan fingerprint density at radius 3 is 2.45 bits per heavy atom. The predicted octanol–water partition coefficient (Wildman–Crippen LogP) is 3.42. The van der Waals surface area contributed by atoms with Gasteiger partial charge in [-0.05, 0) is 43.2 Å². The first kappa shape index (κ1) is 20.5. The summed E-state index contributed by atoms with van der Waals surface area (Å²) in [6, 6.07) is 9.43. The highest BCUT2D eigenvalue weighted by Gasteiger charge is 2.32. The van der Waals surface area contributed by atoms with Gasteiger partial charge in [-0.1, -0.05) is 12.1 Å². The van der Waals surface area contributed by atoms with Gasteiger partial charge in [0.2, 0.25) is 0 Å². The van der Waals surface area contributed by atoms with E-state index in [4.69, 9.17) is 10.5 Å². The molecule has 0 aromatic heterocycles. The molecule has 29 heavy (non-hydrogen) atoms. The SMILES string of the molecule is NC(=O)c1ccccc1OCC(=O)Nc1cc(C(F)(F)F)ccc1N1CCCC1. The second kappa shape index (κ2) is 8.42.